The van der Waals surface area contributed by atoms with Gasteiger partial charge in [0.15, 0.2) is 17.4 Å². The lowest BCUT2D eigenvalue weighted by Crippen LogP contribution is -2.56. The van der Waals surface area contributed by atoms with Crippen molar-refractivity contribution in [2.24, 2.45) is 7.05 Å². The van der Waals surface area contributed by atoms with E-state index < -0.39 is 29.2 Å². The summed E-state index contributed by atoms with van der Waals surface area (Å²) in [4.78, 5) is 42.9. The number of benzene rings is 2. The van der Waals surface area contributed by atoms with Crippen molar-refractivity contribution in [2.75, 3.05) is 37.0 Å². The van der Waals surface area contributed by atoms with Crippen molar-refractivity contribution < 1.29 is 23.1 Å². The first-order valence-corrected chi connectivity index (χ1v) is 10.3. The maximum absolute atomic E-state index is 14.1. The number of aromatic amines is 1. The molecule has 174 valence electrons. The van der Waals surface area contributed by atoms with E-state index in [1.165, 1.54) is 28.7 Å². The number of hydrogen-bond acceptors (Lipinski definition) is 5. The van der Waals surface area contributed by atoms with E-state index in [4.69, 9.17) is 4.74 Å². The number of methoxy groups -OCH3 is 1. The molecule has 1 aromatic heterocycles. The Morgan fingerprint density at radius 1 is 1.15 bits per heavy atom. The van der Waals surface area contributed by atoms with E-state index in [0.29, 0.717) is 35.5 Å². The first kappa shape index (κ1) is 22.3. The van der Waals surface area contributed by atoms with Crippen LogP contribution < -0.4 is 20.6 Å². The molecule has 0 saturated carbocycles. The molecule has 1 saturated heterocycles. The normalized spacial score (nSPS) is 16.2. The molecule has 1 fully saturated rings. The number of nitrogens with zero attached hydrogens (tertiary/aromatic N) is 3. The minimum absolute atomic E-state index is 0.202. The highest BCUT2D eigenvalue weighted by Gasteiger charge is 2.32. The lowest BCUT2D eigenvalue weighted by molar-refractivity contribution is -0.144. The van der Waals surface area contributed by atoms with Crippen molar-refractivity contribution >= 4 is 34.2 Å². The number of ether oxygens (including phenoxy) is 1. The third kappa shape index (κ3) is 4.13. The molecule has 3 aromatic rings. The molecule has 0 spiro atoms. The van der Waals surface area contributed by atoms with Crippen LogP contribution in [0.5, 0.6) is 5.75 Å². The minimum atomic E-state index is -0.810. The summed E-state index contributed by atoms with van der Waals surface area (Å²) in [6.45, 7) is 2.55. The number of aryl methyl sites for hydroxylation is 1. The van der Waals surface area contributed by atoms with Gasteiger partial charge < -0.3 is 24.8 Å². The first-order chi connectivity index (χ1) is 15.7. The lowest BCUT2D eigenvalue weighted by atomic mass is 10.1. The molecule has 1 atom stereocenters. The monoisotopic (exact) mass is 459 g/mol. The van der Waals surface area contributed by atoms with Crippen LogP contribution in [0.15, 0.2) is 35.1 Å². The molecule has 1 aliphatic rings. The number of imidazole rings is 1. The number of amides is 2. The molecule has 0 unspecified atom stereocenters. The SMILES string of the molecule is COc1c(F)cc(N2CCN(C(=O)C(=O)Nc3ccc4[nH]c(=O)n(C)c4c3)[C@H](C)C2)cc1F. The molecule has 9 nitrogen and oxygen atoms in total. The fourth-order valence-corrected chi connectivity index (χ4v) is 4.03. The van der Waals surface area contributed by atoms with Crippen LogP contribution in [-0.2, 0) is 16.6 Å². The number of halogens is 2. The third-order valence-electron chi connectivity index (χ3n) is 5.80. The van der Waals surface area contributed by atoms with Crippen molar-refractivity contribution in [1.82, 2.24) is 14.5 Å². The summed E-state index contributed by atoms with van der Waals surface area (Å²) in [6, 6.07) is 6.83. The minimum Gasteiger partial charge on any atom is -0.491 e. The van der Waals surface area contributed by atoms with Crippen molar-refractivity contribution in [2.45, 2.75) is 13.0 Å². The van der Waals surface area contributed by atoms with Gasteiger partial charge in [0.05, 0.1) is 18.1 Å². The predicted octanol–water partition coefficient (Wildman–Crippen LogP) is 1.83. The summed E-state index contributed by atoms with van der Waals surface area (Å²) in [5, 5.41) is 2.57. The molecule has 2 aromatic carbocycles. The van der Waals surface area contributed by atoms with Crippen LogP contribution in [0, 0.1) is 11.6 Å². The van der Waals surface area contributed by atoms with Crippen LogP contribution in [0.2, 0.25) is 0 Å². The molecule has 0 radical (unpaired) electrons. The van der Waals surface area contributed by atoms with Gasteiger partial charge in [0, 0.05) is 56.2 Å². The molecule has 2 N–H and O–H groups in total. The second-order valence-electron chi connectivity index (χ2n) is 7.91. The number of nitrogens with one attached hydrogen (secondary N) is 2. The van der Waals surface area contributed by atoms with Gasteiger partial charge in [0.25, 0.3) is 0 Å². The summed E-state index contributed by atoms with van der Waals surface area (Å²) < 4.78 is 34.3. The maximum Gasteiger partial charge on any atom is 0.326 e. The molecule has 0 aliphatic carbocycles. The number of fused-ring (bicyclic) bond motifs is 1. The third-order valence-corrected chi connectivity index (χ3v) is 5.80. The number of carbonyl (C=O) groups is 2. The van der Waals surface area contributed by atoms with E-state index in [-0.39, 0.29) is 18.3 Å². The Bertz CT molecular complexity index is 1280. The zero-order valence-corrected chi connectivity index (χ0v) is 18.3. The Morgan fingerprint density at radius 3 is 2.48 bits per heavy atom. The summed E-state index contributed by atoms with van der Waals surface area (Å²) in [6.07, 6.45) is 0. The average molecular weight is 459 g/mol. The number of aromatic nitrogens is 2. The number of H-pyrrole nitrogens is 1. The molecule has 2 heterocycles. The van der Waals surface area contributed by atoms with Gasteiger partial charge in [-0.1, -0.05) is 0 Å². The Morgan fingerprint density at radius 2 is 1.85 bits per heavy atom. The summed E-state index contributed by atoms with van der Waals surface area (Å²) in [5.74, 6) is -3.59. The quantitative estimate of drug-likeness (QED) is 0.583. The highest BCUT2D eigenvalue weighted by Crippen LogP contribution is 2.29. The molecule has 11 heteroatoms. The van der Waals surface area contributed by atoms with Gasteiger partial charge in [-0.05, 0) is 25.1 Å². The Hall–Kier alpha value is -3.89. The topological polar surface area (TPSA) is 99.7 Å². The van der Waals surface area contributed by atoms with Crippen LogP contribution in [-0.4, -0.2) is 59.1 Å². The van der Waals surface area contributed by atoms with Crippen LogP contribution in [0.3, 0.4) is 0 Å². The van der Waals surface area contributed by atoms with Crippen molar-refractivity contribution in [1.29, 1.82) is 0 Å². The standard InChI is InChI=1S/C22H23F2N5O4/c1-12-11-28(14-9-15(23)19(33-3)16(24)10-14)6-7-29(12)21(31)20(30)25-13-4-5-17-18(8-13)27(2)22(32)26-17/h4-5,8-10,12H,6-7,11H2,1-3H3,(H,25,30)(H,26,32)/t12-/m1/s1. The van der Waals surface area contributed by atoms with E-state index in [1.807, 2.05) is 0 Å². The Kier molecular flexibility index (Phi) is 5.79. The number of rotatable bonds is 3. The zero-order valence-electron chi connectivity index (χ0n) is 18.3. The Balaban J connectivity index is 1.44. The van der Waals surface area contributed by atoms with Gasteiger partial charge in [-0.2, -0.15) is 0 Å². The predicted molar refractivity (Wildman–Crippen MR) is 118 cm³/mol. The van der Waals surface area contributed by atoms with Crippen molar-refractivity contribution in [3.63, 3.8) is 0 Å². The van der Waals surface area contributed by atoms with E-state index in [1.54, 1.807) is 37.1 Å². The largest absolute Gasteiger partial charge is 0.491 e. The fraction of sp³-hybridized carbons (Fsp3) is 0.318. The Labute approximate surface area is 187 Å². The van der Waals surface area contributed by atoms with Crippen molar-refractivity contribution in [3.05, 3.63) is 52.5 Å². The smallest absolute Gasteiger partial charge is 0.326 e. The average Bonchev–Trinajstić information content (AvgIpc) is 3.06. The van der Waals surface area contributed by atoms with Gasteiger partial charge in [0.1, 0.15) is 0 Å². The summed E-state index contributed by atoms with van der Waals surface area (Å²) >= 11 is 0. The maximum atomic E-state index is 14.1. The highest BCUT2D eigenvalue weighted by atomic mass is 19.1. The number of anilines is 2. The van der Waals surface area contributed by atoms with E-state index in [2.05, 4.69) is 10.3 Å². The fourth-order valence-electron chi connectivity index (χ4n) is 4.03. The summed E-state index contributed by atoms with van der Waals surface area (Å²) in [5.41, 5.74) is 1.63. The molecule has 0 bridgehead atoms. The van der Waals surface area contributed by atoms with Crippen LogP contribution >= 0.6 is 0 Å². The number of hydrogen-bond donors (Lipinski definition) is 2. The van der Waals surface area contributed by atoms with Gasteiger partial charge in [-0.15, -0.1) is 0 Å². The number of carbonyl (C=O) groups excluding carboxylic acids is 2. The second kappa shape index (κ2) is 8.57. The molecular formula is C22H23F2N5O4. The highest BCUT2D eigenvalue weighted by molar-refractivity contribution is 6.39. The molecule has 33 heavy (non-hydrogen) atoms. The summed E-state index contributed by atoms with van der Waals surface area (Å²) in [7, 11) is 2.79. The molecule has 4 rings (SSSR count). The molecular weight excluding hydrogens is 436 g/mol. The van der Waals surface area contributed by atoms with E-state index >= 15 is 0 Å². The van der Waals surface area contributed by atoms with Crippen molar-refractivity contribution in [3.8, 4) is 5.75 Å². The van der Waals surface area contributed by atoms with Crippen LogP contribution in [0.25, 0.3) is 11.0 Å². The first-order valence-electron chi connectivity index (χ1n) is 10.3. The molecule has 2 amide bonds. The van der Waals surface area contributed by atoms with Gasteiger partial charge in [-0.25, -0.2) is 13.6 Å². The lowest BCUT2D eigenvalue weighted by Gasteiger charge is -2.40. The van der Waals surface area contributed by atoms with Gasteiger partial charge >= 0.3 is 17.5 Å². The number of piperazine rings is 1. The van der Waals surface area contributed by atoms with E-state index in [9.17, 15) is 23.2 Å². The van der Waals surface area contributed by atoms with E-state index in [0.717, 1.165) is 0 Å². The van der Waals surface area contributed by atoms with Crippen LogP contribution in [0.4, 0.5) is 20.2 Å². The molecule has 1 aliphatic heterocycles. The second-order valence-corrected chi connectivity index (χ2v) is 7.91. The van der Waals surface area contributed by atoms with Crippen LogP contribution in [0.1, 0.15) is 6.92 Å². The van der Waals surface area contributed by atoms with Gasteiger partial charge in [-0.3, -0.25) is 14.2 Å². The zero-order chi connectivity index (χ0) is 23.9. The van der Waals surface area contributed by atoms with Gasteiger partial charge in [0.2, 0.25) is 0 Å².